The predicted octanol–water partition coefficient (Wildman–Crippen LogP) is 1.73. The quantitative estimate of drug-likeness (QED) is 0.547. The second-order valence-corrected chi connectivity index (χ2v) is 5.48. The molecule has 0 radical (unpaired) electrons. The summed E-state index contributed by atoms with van der Waals surface area (Å²) >= 11 is 0. The summed E-state index contributed by atoms with van der Waals surface area (Å²) in [6.45, 7) is 0. The van der Waals surface area contributed by atoms with E-state index < -0.39 is 0 Å². The second kappa shape index (κ2) is 2.05. The predicted molar refractivity (Wildman–Crippen MR) is 49.5 cm³/mol. The molecule has 5 aliphatic rings. The molecule has 0 saturated heterocycles. The molecule has 4 bridgehead atoms. The molecule has 2 unspecified atom stereocenters. The monoisotopic (exact) mass is 191 g/mol. The van der Waals surface area contributed by atoms with Crippen molar-refractivity contribution >= 4 is 11.7 Å². The van der Waals surface area contributed by atoms with E-state index in [-0.39, 0.29) is 11.4 Å². The molecular weight excluding hydrogens is 178 g/mol. The van der Waals surface area contributed by atoms with Crippen molar-refractivity contribution in [2.24, 2.45) is 28.3 Å². The molecule has 14 heavy (non-hydrogen) atoms. The molecule has 74 valence electrons. The highest BCUT2D eigenvalue weighted by Crippen LogP contribution is 2.60. The molecular formula is C11H13NO2. The van der Waals surface area contributed by atoms with Crippen LogP contribution in [-0.2, 0) is 9.63 Å². The molecule has 3 nitrogen and oxygen atoms in total. The summed E-state index contributed by atoms with van der Waals surface area (Å²) in [5, 5.41) is 4.04. The van der Waals surface area contributed by atoms with Gasteiger partial charge in [-0.05, 0) is 43.9 Å². The zero-order valence-corrected chi connectivity index (χ0v) is 8.03. The fourth-order valence-electron chi connectivity index (χ4n) is 4.40. The minimum Gasteiger partial charge on any atom is -0.317 e. The van der Waals surface area contributed by atoms with Gasteiger partial charge in [0.25, 0.3) is 0 Å². The number of hydrogen-bond acceptors (Lipinski definition) is 3. The summed E-state index contributed by atoms with van der Waals surface area (Å²) in [7, 11) is 0. The highest BCUT2D eigenvalue weighted by molar-refractivity contribution is 6.11. The molecule has 0 aromatic heterocycles. The minimum absolute atomic E-state index is 0.0494. The van der Waals surface area contributed by atoms with Crippen molar-refractivity contribution in [1.29, 1.82) is 0 Å². The smallest absolute Gasteiger partial charge is 0.317 e. The van der Waals surface area contributed by atoms with Gasteiger partial charge in [-0.25, -0.2) is 4.79 Å². The molecule has 1 heterocycles. The van der Waals surface area contributed by atoms with Gasteiger partial charge in [-0.15, -0.1) is 0 Å². The van der Waals surface area contributed by atoms with E-state index in [9.17, 15) is 4.79 Å². The summed E-state index contributed by atoms with van der Waals surface area (Å²) < 4.78 is 0. The maximum absolute atomic E-state index is 11.8. The molecule has 3 heteroatoms. The first kappa shape index (κ1) is 7.43. The van der Waals surface area contributed by atoms with Gasteiger partial charge in [0, 0.05) is 5.92 Å². The summed E-state index contributed by atoms with van der Waals surface area (Å²) in [6.07, 6.45) is 5.91. The SMILES string of the molecule is O=C1ON=C2C3C[C@@H]4C[C@H](C3)CC12C4. The fourth-order valence-corrected chi connectivity index (χ4v) is 4.40. The Labute approximate surface area is 82.5 Å². The zero-order valence-electron chi connectivity index (χ0n) is 8.03. The van der Waals surface area contributed by atoms with Crippen molar-refractivity contribution < 1.29 is 9.63 Å². The molecule has 5 rings (SSSR count). The van der Waals surface area contributed by atoms with Crippen molar-refractivity contribution in [1.82, 2.24) is 0 Å². The van der Waals surface area contributed by atoms with Gasteiger partial charge in [-0.1, -0.05) is 5.16 Å². The normalized spacial score (nSPS) is 53.0. The Morgan fingerprint density at radius 2 is 1.93 bits per heavy atom. The van der Waals surface area contributed by atoms with Crippen LogP contribution in [0.4, 0.5) is 0 Å². The third-order valence-electron chi connectivity index (χ3n) is 4.67. The first-order chi connectivity index (χ1) is 6.78. The van der Waals surface area contributed by atoms with Crippen LogP contribution in [0.1, 0.15) is 32.1 Å². The Balaban J connectivity index is 1.90. The van der Waals surface area contributed by atoms with E-state index in [0.29, 0.717) is 5.92 Å². The Hall–Kier alpha value is -0.860. The average Bonchev–Trinajstić information content (AvgIpc) is 2.43. The van der Waals surface area contributed by atoms with Gasteiger partial charge in [-0.2, -0.15) is 0 Å². The van der Waals surface area contributed by atoms with Gasteiger partial charge in [0.2, 0.25) is 0 Å². The van der Waals surface area contributed by atoms with Crippen molar-refractivity contribution in [2.75, 3.05) is 0 Å². The maximum atomic E-state index is 11.8. The molecule has 0 aromatic carbocycles. The highest BCUT2D eigenvalue weighted by Gasteiger charge is 2.62. The standard InChI is InChI=1S/C11H13NO2/c13-10-11-4-6-1-7(5-11)3-8(2-6)9(11)12-14-10/h6-8H,1-5H2/t6-,7+,8?,11?. The van der Waals surface area contributed by atoms with Crippen LogP contribution < -0.4 is 0 Å². The lowest BCUT2D eigenvalue weighted by Gasteiger charge is -2.52. The molecule has 0 N–H and O–H groups in total. The molecule has 4 fully saturated rings. The Morgan fingerprint density at radius 3 is 2.64 bits per heavy atom. The van der Waals surface area contributed by atoms with E-state index in [1.807, 2.05) is 0 Å². The number of hydrogen-bond donors (Lipinski definition) is 0. The van der Waals surface area contributed by atoms with Crippen molar-refractivity contribution in [3.05, 3.63) is 0 Å². The molecule has 0 aromatic rings. The van der Waals surface area contributed by atoms with Crippen molar-refractivity contribution in [3.63, 3.8) is 0 Å². The van der Waals surface area contributed by atoms with E-state index in [1.54, 1.807) is 0 Å². The molecule has 4 atom stereocenters. The molecule has 1 aliphatic heterocycles. The number of carbonyl (C=O) groups is 1. The molecule has 4 saturated carbocycles. The van der Waals surface area contributed by atoms with Gasteiger partial charge in [0.05, 0.1) is 5.71 Å². The zero-order chi connectivity index (χ0) is 9.34. The Bertz CT molecular complexity index is 346. The van der Waals surface area contributed by atoms with E-state index in [0.717, 1.165) is 30.4 Å². The number of rotatable bonds is 0. The average molecular weight is 191 g/mol. The van der Waals surface area contributed by atoms with Crippen LogP contribution in [0.2, 0.25) is 0 Å². The van der Waals surface area contributed by atoms with Crippen LogP contribution >= 0.6 is 0 Å². The van der Waals surface area contributed by atoms with Crippen LogP contribution in [0.25, 0.3) is 0 Å². The van der Waals surface area contributed by atoms with Gasteiger partial charge in [0.1, 0.15) is 5.41 Å². The lowest BCUT2D eigenvalue weighted by Crippen LogP contribution is -2.54. The number of nitrogens with zero attached hydrogens (tertiary/aromatic N) is 1. The number of carbonyl (C=O) groups excluding carboxylic acids is 1. The largest absolute Gasteiger partial charge is 0.346 e. The number of oxime groups is 1. The summed E-state index contributed by atoms with van der Waals surface area (Å²) in [5.74, 6) is 2.08. The fraction of sp³-hybridized carbons (Fsp3) is 0.818. The van der Waals surface area contributed by atoms with Crippen LogP contribution in [0.3, 0.4) is 0 Å². The molecule has 4 aliphatic carbocycles. The molecule has 0 amide bonds. The van der Waals surface area contributed by atoms with Crippen LogP contribution in [0.15, 0.2) is 5.16 Å². The van der Waals surface area contributed by atoms with Crippen LogP contribution in [0, 0.1) is 23.2 Å². The van der Waals surface area contributed by atoms with E-state index >= 15 is 0 Å². The van der Waals surface area contributed by atoms with Crippen LogP contribution in [-0.4, -0.2) is 11.7 Å². The summed E-state index contributed by atoms with van der Waals surface area (Å²) in [4.78, 5) is 16.7. The third kappa shape index (κ3) is 0.645. The lowest BCUT2D eigenvalue weighted by atomic mass is 9.49. The summed E-state index contributed by atoms with van der Waals surface area (Å²) in [6, 6.07) is 0. The topological polar surface area (TPSA) is 38.7 Å². The van der Waals surface area contributed by atoms with Gasteiger partial charge >= 0.3 is 5.97 Å². The van der Waals surface area contributed by atoms with Gasteiger partial charge in [0.15, 0.2) is 0 Å². The van der Waals surface area contributed by atoms with Gasteiger partial charge < -0.3 is 4.84 Å². The third-order valence-corrected chi connectivity index (χ3v) is 4.67. The maximum Gasteiger partial charge on any atom is 0.346 e. The highest BCUT2D eigenvalue weighted by atomic mass is 16.7. The van der Waals surface area contributed by atoms with Crippen molar-refractivity contribution in [3.8, 4) is 0 Å². The lowest BCUT2D eigenvalue weighted by molar-refractivity contribution is -0.152. The first-order valence-electron chi connectivity index (χ1n) is 5.58. The minimum atomic E-state index is -0.241. The van der Waals surface area contributed by atoms with Crippen LogP contribution in [0.5, 0.6) is 0 Å². The second-order valence-electron chi connectivity index (χ2n) is 5.48. The summed E-state index contributed by atoms with van der Waals surface area (Å²) in [5.41, 5.74) is 0.865. The first-order valence-corrected chi connectivity index (χ1v) is 5.58. The van der Waals surface area contributed by atoms with Gasteiger partial charge in [-0.3, -0.25) is 0 Å². The van der Waals surface area contributed by atoms with E-state index in [2.05, 4.69) is 5.16 Å². The van der Waals surface area contributed by atoms with E-state index in [4.69, 9.17) is 4.84 Å². The van der Waals surface area contributed by atoms with E-state index in [1.165, 1.54) is 19.3 Å². The Morgan fingerprint density at radius 1 is 1.21 bits per heavy atom. The molecule has 1 spiro atoms. The van der Waals surface area contributed by atoms with Crippen molar-refractivity contribution in [2.45, 2.75) is 32.1 Å². The Kier molecular flexibility index (Phi) is 1.09.